The number of pyridine rings is 1. The average molecular weight is 338 g/mol. The Hall–Kier alpha value is -2.40. The Morgan fingerprint density at radius 3 is 2.44 bits per heavy atom. The van der Waals surface area contributed by atoms with E-state index in [1.165, 1.54) is 25.9 Å². The molecule has 2 aromatic rings. The van der Waals surface area contributed by atoms with Crippen molar-refractivity contribution >= 4 is 11.7 Å². The van der Waals surface area contributed by atoms with Gasteiger partial charge in [0.2, 0.25) is 0 Å². The van der Waals surface area contributed by atoms with Crippen molar-refractivity contribution in [3.8, 4) is 11.1 Å². The Labute approximate surface area is 149 Å². The summed E-state index contributed by atoms with van der Waals surface area (Å²) < 4.78 is 0. The monoisotopic (exact) mass is 338 g/mol. The molecule has 0 saturated carbocycles. The summed E-state index contributed by atoms with van der Waals surface area (Å²) in [5.74, 6) is 0.493. The number of nitrogens with zero attached hydrogens (tertiary/aromatic N) is 2. The molecule has 0 unspecified atom stereocenters. The fourth-order valence-corrected chi connectivity index (χ4v) is 3.16. The van der Waals surface area contributed by atoms with Crippen molar-refractivity contribution < 1.29 is 4.79 Å². The van der Waals surface area contributed by atoms with Gasteiger partial charge in [0.05, 0.1) is 0 Å². The highest BCUT2D eigenvalue weighted by molar-refractivity contribution is 5.94. The highest BCUT2D eigenvalue weighted by Gasteiger charge is 2.10. The molecule has 1 aliphatic heterocycles. The number of benzene rings is 1. The van der Waals surface area contributed by atoms with Crippen LogP contribution >= 0.6 is 0 Å². The molecule has 0 aliphatic carbocycles. The Kier molecular flexibility index (Phi) is 6.01. The molecule has 1 amide bonds. The van der Waals surface area contributed by atoms with Crippen LogP contribution in [-0.2, 0) is 0 Å². The molecule has 0 radical (unpaired) electrons. The van der Waals surface area contributed by atoms with Crippen LogP contribution in [-0.4, -0.2) is 42.0 Å². The van der Waals surface area contributed by atoms with Crippen LogP contribution in [0.2, 0.25) is 0 Å². The quantitative estimate of drug-likeness (QED) is 0.762. The van der Waals surface area contributed by atoms with Crippen molar-refractivity contribution in [3.05, 3.63) is 48.2 Å². The summed E-state index contributed by atoms with van der Waals surface area (Å²) >= 11 is 0. The normalized spacial score (nSPS) is 14.6. The average Bonchev–Trinajstić information content (AvgIpc) is 3.15. The van der Waals surface area contributed by atoms with Gasteiger partial charge in [0.15, 0.2) is 0 Å². The minimum Gasteiger partial charge on any atom is -0.384 e. The summed E-state index contributed by atoms with van der Waals surface area (Å²) in [5.41, 5.74) is 8.30. The molecule has 1 aromatic heterocycles. The summed E-state index contributed by atoms with van der Waals surface area (Å²) in [6, 6.07) is 11.3. The van der Waals surface area contributed by atoms with Gasteiger partial charge in [0, 0.05) is 23.9 Å². The molecule has 5 nitrogen and oxygen atoms in total. The maximum absolute atomic E-state index is 12.2. The van der Waals surface area contributed by atoms with Gasteiger partial charge in [-0.25, -0.2) is 4.98 Å². The number of hydrogen-bond acceptors (Lipinski definition) is 4. The number of amides is 1. The first-order valence-corrected chi connectivity index (χ1v) is 9.05. The Morgan fingerprint density at radius 1 is 1.04 bits per heavy atom. The third kappa shape index (κ3) is 5.03. The van der Waals surface area contributed by atoms with Gasteiger partial charge in [0.1, 0.15) is 5.82 Å². The van der Waals surface area contributed by atoms with E-state index in [0.717, 1.165) is 37.1 Å². The number of aromatic nitrogens is 1. The maximum Gasteiger partial charge on any atom is 0.251 e. The lowest BCUT2D eigenvalue weighted by Gasteiger charge is -2.14. The molecular formula is C20H26N4O. The molecule has 1 fully saturated rings. The van der Waals surface area contributed by atoms with Crippen LogP contribution in [0.15, 0.2) is 42.6 Å². The van der Waals surface area contributed by atoms with E-state index in [9.17, 15) is 4.79 Å². The molecule has 3 rings (SSSR count). The van der Waals surface area contributed by atoms with Crippen molar-refractivity contribution in [2.75, 3.05) is 31.9 Å². The number of hydrogen-bond donors (Lipinski definition) is 2. The van der Waals surface area contributed by atoms with Crippen LogP contribution in [0.5, 0.6) is 0 Å². The molecule has 0 spiro atoms. The summed E-state index contributed by atoms with van der Waals surface area (Å²) in [6.07, 6.45) is 6.57. The van der Waals surface area contributed by atoms with E-state index in [-0.39, 0.29) is 5.91 Å². The van der Waals surface area contributed by atoms with Gasteiger partial charge in [0.25, 0.3) is 5.91 Å². The molecule has 25 heavy (non-hydrogen) atoms. The van der Waals surface area contributed by atoms with Crippen LogP contribution in [0.3, 0.4) is 0 Å². The van der Waals surface area contributed by atoms with Crippen molar-refractivity contribution in [2.24, 2.45) is 0 Å². The largest absolute Gasteiger partial charge is 0.384 e. The fourth-order valence-electron chi connectivity index (χ4n) is 3.16. The van der Waals surface area contributed by atoms with E-state index in [1.807, 2.05) is 30.3 Å². The zero-order valence-electron chi connectivity index (χ0n) is 14.6. The van der Waals surface area contributed by atoms with Crippen molar-refractivity contribution in [1.82, 2.24) is 15.2 Å². The SMILES string of the molecule is Nc1ccc(-c2ccc(C(=O)NCCCCN3CCCC3)cc2)cn1. The number of rotatable bonds is 7. The van der Waals surface area contributed by atoms with Crippen molar-refractivity contribution in [1.29, 1.82) is 0 Å². The first kappa shape index (κ1) is 17.4. The lowest BCUT2D eigenvalue weighted by molar-refractivity contribution is 0.0952. The van der Waals surface area contributed by atoms with Crippen LogP contribution < -0.4 is 11.1 Å². The molecule has 2 heterocycles. The Bertz CT molecular complexity index is 676. The summed E-state index contributed by atoms with van der Waals surface area (Å²) in [6.45, 7) is 4.36. The molecule has 1 aromatic carbocycles. The molecular weight excluding hydrogens is 312 g/mol. The third-order valence-corrected chi connectivity index (χ3v) is 4.65. The molecule has 132 valence electrons. The molecule has 0 atom stereocenters. The summed E-state index contributed by atoms with van der Waals surface area (Å²) in [4.78, 5) is 18.8. The minimum atomic E-state index is -0.0110. The molecule has 1 saturated heterocycles. The Morgan fingerprint density at radius 2 is 1.76 bits per heavy atom. The summed E-state index contributed by atoms with van der Waals surface area (Å²) in [5, 5.41) is 3.00. The molecule has 1 aliphatic rings. The number of carbonyl (C=O) groups excluding carboxylic acids is 1. The standard InChI is InChI=1S/C20H26N4O/c21-19-10-9-18(15-23-19)16-5-7-17(8-6-16)20(25)22-11-1-2-12-24-13-3-4-14-24/h5-10,15H,1-4,11-14H2,(H2,21,23)(H,22,25). The van der Waals surface area contributed by atoms with E-state index < -0.39 is 0 Å². The second-order valence-corrected chi connectivity index (χ2v) is 6.56. The zero-order valence-corrected chi connectivity index (χ0v) is 14.6. The van der Waals surface area contributed by atoms with Crippen molar-refractivity contribution in [3.63, 3.8) is 0 Å². The second kappa shape index (κ2) is 8.62. The topological polar surface area (TPSA) is 71.2 Å². The van der Waals surface area contributed by atoms with Gasteiger partial charge in [-0.05, 0) is 75.1 Å². The summed E-state index contributed by atoms with van der Waals surface area (Å²) in [7, 11) is 0. The number of anilines is 1. The molecule has 3 N–H and O–H groups in total. The number of unbranched alkanes of at least 4 members (excludes halogenated alkanes) is 1. The fraction of sp³-hybridized carbons (Fsp3) is 0.400. The van der Waals surface area contributed by atoms with E-state index >= 15 is 0 Å². The van der Waals surface area contributed by atoms with E-state index in [4.69, 9.17) is 5.73 Å². The van der Waals surface area contributed by atoms with Crippen LogP contribution in [0.4, 0.5) is 5.82 Å². The highest BCUT2D eigenvalue weighted by Crippen LogP contribution is 2.19. The van der Waals surface area contributed by atoms with Gasteiger partial charge in [-0.3, -0.25) is 4.79 Å². The Balaban J connectivity index is 1.43. The molecule has 5 heteroatoms. The van der Waals surface area contributed by atoms with E-state index in [0.29, 0.717) is 11.4 Å². The number of nitrogen functional groups attached to an aromatic ring is 1. The predicted octanol–water partition coefficient (Wildman–Crippen LogP) is 2.94. The second-order valence-electron chi connectivity index (χ2n) is 6.56. The maximum atomic E-state index is 12.2. The van der Waals surface area contributed by atoms with Gasteiger partial charge in [-0.1, -0.05) is 12.1 Å². The molecule has 0 bridgehead atoms. The van der Waals surface area contributed by atoms with Gasteiger partial charge in [-0.2, -0.15) is 0 Å². The first-order valence-electron chi connectivity index (χ1n) is 9.05. The number of likely N-dealkylation sites (tertiary alicyclic amines) is 1. The smallest absolute Gasteiger partial charge is 0.251 e. The van der Waals surface area contributed by atoms with Gasteiger partial charge >= 0.3 is 0 Å². The third-order valence-electron chi connectivity index (χ3n) is 4.65. The van der Waals surface area contributed by atoms with E-state index in [2.05, 4.69) is 15.2 Å². The zero-order chi connectivity index (χ0) is 17.5. The number of nitrogens with one attached hydrogen (secondary N) is 1. The predicted molar refractivity (Wildman–Crippen MR) is 101 cm³/mol. The van der Waals surface area contributed by atoms with Crippen molar-refractivity contribution in [2.45, 2.75) is 25.7 Å². The first-order chi connectivity index (χ1) is 12.2. The van der Waals surface area contributed by atoms with Crippen LogP contribution in [0.25, 0.3) is 11.1 Å². The van der Waals surface area contributed by atoms with Gasteiger partial charge < -0.3 is 16.0 Å². The number of nitrogens with two attached hydrogens (primary N) is 1. The lowest BCUT2D eigenvalue weighted by Crippen LogP contribution is -2.26. The van der Waals surface area contributed by atoms with Crippen LogP contribution in [0.1, 0.15) is 36.0 Å². The van der Waals surface area contributed by atoms with E-state index in [1.54, 1.807) is 12.3 Å². The lowest BCUT2D eigenvalue weighted by atomic mass is 10.1. The van der Waals surface area contributed by atoms with Gasteiger partial charge in [-0.15, -0.1) is 0 Å². The minimum absolute atomic E-state index is 0.0110. The highest BCUT2D eigenvalue weighted by atomic mass is 16.1. The number of carbonyl (C=O) groups is 1. The van der Waals surface area contributed by atoms with Crippen LogP contribution in [0, 0.1) is 0 Å².